The Morgan fingerprint density at radius 2 is 2.27 bits per heavy atom. The van der Waals surface area contributed by atoms with E-state index in [4.69, 9.17) is 0 Å². The Bertz CT molecular complexity index is 322. The van der Waals surface area contributed by atoms with E-state index in [0.717, 1.165) is 37.6 Å². The van der Waals surface area contributed by atoms with Crippen LogP contribution in [0.25, 0.3) is 0 Å². The predicted molar refractivity (Wildman–Crippen MR) is 61.1 cm³/mol. The van der Waals surface area contributed by atoms with Crippen molar-refractivity contribution in [3.05, 3.63) is 18.1 Å². The number of anilines is 1. The fourth-order valence-electron chi connectivity index (χ4n) is 1.82. The second-order valence-corrected chi connectivity index (χ2v) is 4.02. The lowest BCUT2D eigenvalue weighted by atomic mass is 10.1. The van der Waals surface area contributed by atoms with E-state index in [2.05, 4.69) is 33.2 Å². The summed E-state index contributed by atoms with van der Waals surface area (Å²) in [6.45, 7) is 7.43. The molecule has 0 atom stereocenters. The molecule has 82 valence electrons. The van der Waals surface area contributed by atoms with Crippen LogP contribution >= 0.6 is 0 Å². The van der Waals surface area contributed by atoms with Crippen LogP contribution in [0.3, 0.4) is 0 Å². The van der Waals surface area contributed by atoms with E-state index in [1.54, 1.807) is 6.33 Å². The van der Waals surface area contributed by atoms with Crippen LogP contribution in [0.2, 0.25) is 0 Å². The van der Waals surface area contributed by atoms with Crippen molar-refractivity contribution in [1.82, 2.24) is 15.3 Å². The fraction of sp³-hybridized carbons (Fsp3) is 0.636. The van der Waals surface area contributed by atoms with Crippen LogP contribution in [-0.2, 0) is 0 Å². The number of rotatable bonds is 4. The number of aromatic nitrogens is 2. The van der Waals surface area contributed by atoms with Gasteiger partial charge in [0.15, 0.2) is 0 Å². The molecule has 4 heteroatoms. The third kappa shape index (κ3) is 2.26. The molecular formula is C11H18N4. The van der Waals surface area contributed by atoms with Gasteiger partial charge in [0, 0.05) is 31.4 Å². The quantitative estimate of drug-likeness (QED) is 0.797. The molecule has 2 rings (SSSR count). The Balaban J connectivity index is 2.15. The van der Waals surface area contributed by atoms with Crippen LogP contribution < -0.4 is 10.2 Å². The highest BCUT2D eigenvalue weighted by Gasteiger charge is 2.24. The second kappa shape index (κ2) is 4.57. The normalized spacial score (nSPS) is 16.1. The maximum absolute atomic E-state index is 4.35. The summed E-state index contributed by atoms with van der Waals surface area (Å²) < 4.78 is 0. The summed E-state index contributed by atoms with van der Waals surface area (Å²) in [5, 5.41) is 3.30. The number of hydrogen-bond acceptors (Lipinski definition) is 4. The van der Waals surface area contributed by atoms with Crippen LogP contribution in [0.15, 0.2) is 12.4 Å². The zero-order chi connectivity index (χ0) is 10.7. The molecule has 2 heterocycles. The predicted octanol–water partition coefficient (Wildman–Crippen LogP) is 0.973. The van der Waals surface area contributed by atoms with Gasteiger partial charge in [-0.05, 0) is 13.3 Å². The van der Waals surface area contributed by atoms with E-state index in [1.807, 2.05) is 6.92 Å². The first-order valence-corrected chi connectivity index (χ1v) is 5.57. The van der Waals surface area contributed by atoms with Crippen LogP contribution in [0, 0.1) is 6.92 Å². The summed E-state index contributed by atoms with van der Waals surface area (Å²) in [7, 11) is 0. The van der Waals surface area contributed by atoms with E-state index in [-0.39, 0.29) is 0 Å². The van der Waals surface area contributed by atoms with Crippen LogP contribution in [0.1, 0.15) is 19.0 Å². The summed E-state index contributed by atoms with van der Waals surface area (Å²) in [6.07, 6.45) is 2.80. The minimum atomic E-state index is 0.610. The van der Waals surface area contributed by atoms with Crippen molar-refractivity contribution in [2.45, 2.75) is 26.3 Å². The minimum absolute atomic E-state index is 0.610. The number of hydrogen-bond donors (Lipinski definition) is 1. The first-order chi connectivity index (χ1) is 7.31. The van der Waals surface area contributed by atoms with Crippen LogP contribution in [0.5, 0.6) is 0 Å². The molecule has 1 aliphatic rings. The third-order valence-corrected chi connectivity index (χ3v) is 2.75. The van der Waals surface area contributed by atoms with Gasteiger partial charge in [-0.2, -0.15) is 0 Å². The summed E-state index contributed by atoms with van der Waals surface area (Å²) >= 11 is 0. The van der Waals surface area contributed by atoms with E-state index in [0.29, 0.717) is 6.04 Å². The van der Waals surface area contributed by atoms with Gasteiger partial charge in [0.1, 0.15) is 12.1 Å². The highest BCUT2D eigenvalue weighted by molar-refractivity contribution is 5.41. The smallest absolute Gasteiger partial charge is 0.132 e. The van der Waals surface area contributed by atoms with Gasteiger partial charge in [0.05, 0.1) is 6.04 Å². The zero-order valence-electron chi connectivity index (χ0n) is 9.40. The molecule has 1 aliphatic heterocycles. The number of nitrogens with zero attached hydrogens (tertiary/aromatic N) is 3. The topological polar surface area (TPSA) is 41.1 Å². The Labute approximate surface area is 90.7 Å². The van der Waals surface area contributed by atoms with Crippen LogP contribution in [0.4, 0.5) is 5.82 Å². The van der Waals surface area contributed by atoms with Crippen molar-refractivity contribution in [2.75, 3.05) is 24.5 Å². The maximum Gasteiger partial charge on any atom is 0.132 e. The first-order valence-electron chi connectivity index (χ1n) is 5.57. The van der Waals surface area contributed by atoms with Gasteiger partial charge in [-0.1, -0.05) is 6.92 Å². The highest BCUT2D eigenvalue weighted by Crippen LogP contribution is 2.16. The largest absolute Gasteiger partial charge is 0.351 e. The molecule has 0 saturated carbocycles. The van der Waals surface area contributed by atoms with Gasteiger partial charge in [0.25, 0.3) is 0 Å². The molecule has 0 bridgehead atoms. The van der Waals surface area contributed by atoms with Gasteiger partial charge in [-0.3, -0.25) is 0 Å². The summed E-state index contributed by atoms with van der Waals surface area (Å²) in [5.74, 6) is 1.07. The Hall–Kier alpha value is -1.16. The van der Waals surface area contributed by atoms with Crippen LogP contribution in [-0.4, -0.2) is 35.6 Å². The van der Waals surface area contributed by atoms with Gasteiger partial charge in [-0.15, -0.1) is 0 Å². The monoisotopic (exact) mass is 206 g/mol. The van der Waals surface area contributed by atoms with Crippen molar-refractivity contribution >= 4 is 5.82 Å². The third-order valence-electron chi connectivity index (χ3n) is 2.75. The standard InChI is InChI=1S/C11H18N4/c1-3-4-15(10-6-12-7-10)11-5-9(2)13-8-14-11/h5,8,10,12H,3-4,6-7H2,1-2H3. The fourth-order valence-corrected chi connectivity index (χ4v) is 1.82. The van der Waals surface area contributed by atoms with E-state index >= 15 is 0 Å². The molecule has 0 spiro atoms. The number of aryl methyl sites for hydroxylation is 1. The van der Waals surface area contributed by atoms with E-state index < -0.39 is 0 Å². The average Bonchev–Trinajstić information content (AvgIpc) is 2.14. The molecule has 1 aromatic heterocycles. The van der Waals surface area contributed by atoms with Gasteiger partial charge < -0.3 is 10.2 Å². The summed E-state index contributed by atoms with van der Waals surface area (Å²) in [4.78, 5) is 10.9. The molecular weight excluding hydrogens is 188 g/mol. The highest BCUT2D eigenvalue weighted by atomic mass is 15.3. The zero-order valence-corrected chi connectivity index (χ0v) is 9.40. The van der Waals surface area contributed by atoms with Crippen molar-refractivity contribution in [3.8, 4) is 0 Å². The van der Waals surface area contributed by atoms with Gasteiger partial charge >= 0.3 is 0 Å². The number of nitrogens with one attached hydrogen (secondary N) is 1. The first kappa shape index (κ1) is 10.4. The molecule has 1 N–H and O–H groups in total. The molecule has 1 fully saturated rings. The Morgan fingerprint density at radius 3 is 2.80 bits per heavy atom. The lowest BCUT2D eigenvalue weighted by molar-refractivity contribution is 0.410. The SMILES string of the molecule is CCCN(c1cc(C)ncn1)C1CNC1. The van der Waals surface area contributed by atoms with E-state index in [9.17, 15) is 0 Å². The molecule has 1 aromatic rings. The lowest BCUT2D eigenvalue weighted by Gasteiger charge is -2.39. The van der Waals surface area contributed by atoms with Gasteiger partial charge in [0.2, 0.25) is 0 Å². The molecule has 0 unspecified atom stereocenters. The molecule has 0 aromatic carbocycles. The summed E-state index contributed by atoms with van der Waals surface area (Å²) in [6, 6.07) is 2.67. The summed E-state index contributed by atoms with van der Waals surface area (Å²) in [5.41, 5.74) is 1.04. The van der Waals surface area contributed by atoms with Crippen molar-refractivity contribution in [1.29, 1.82) is 0 Å². The van der Waals surface area contributed by atoms with E-state index in [1.165, 1.54) is 0 Å². The lowest BCUT2D eigenvalue weighted by Crippen LogP contribution is -2.57. The molecule has 0 radical (unpaired) electrons. The second-order valence-electron chi connectivity index (χ2n) is 4.02. The average molecular weight is 206 g/mol. The van der Waals surface area contributed by atoms with Gasteiger partial charge in [-0.25, -0.2) is 9.97 Å². The minimum Gasteiger partial charge on any atom is -0.351 e. The van der Waals surface area contributed by atoms with Crippen molar-refractivity contribution in [2.24, 2.45) is 0 Å². The Kier molecular flexibility index (Phi) is 3.16. The Morgan fingerprint density at radius 1 is 1.47 bits per heavy atom. The van der Waals surface area contributed by atoms with Crippen molar-refractivity contribution in [3.63, 3.8) is 0 Å². The maximum atomic E-state index is 4.35. The molecule has 0 aliphatic carbocycles. The molecule has 0 amide bonds. The molecule has 1 saturated heterocycles. The molecule has 15 heavy (non-hydrogen) atoms. The molecule has 4 nitrogen and oxygen atoms in total. The van der Waals surface area contributed by atoms with Crippen molar-refractivity contribution < 1.29 is 0 Å².